The second kappa shape index (κ2) is 9.50. The number of carbonyl (C=O) groups excluding carboxylic acids is 2. The summed E-state index contributed by atoms with van der Waals surface area (Å²) in [6.07, 6.45) is 5.25. The fourth-order valence-electron chi connectivity index (χ4n) is 3.80. The van der Waals surface area contributed by atoms with Crippen molar-refractivity contribution >= 4 is 11.8 Å². The SMILES string of the molecule is C=C(C1CCCCC1)N(NC(=O)Cc1cccc(F)c1)C(=O)c1ccccc1C. The molecule has 0 spiro atoms. The van der Waals surface area contributed by atoms with Gasteiger partial charge in [-0.05, 0) is 49.1 Å². The number of rotatable bonds is 5. The summed E-state index contributed by atoms with van der Waals surface area (Å²) in [4.78, 5) is 26.0. The average molecular weight is 394 g/mol. The minimum atomic E-state index is -0.394. The normalized spacial score (nSPS) is 14.3. The van der Waals surface area contributed by atoms with Crippen LogP contribution in [0.15, 0.2) is 60.8 Å². The standard InChI is InChI=1S/C24H27FN2O2/c1-17-9-6-7-14-22(17)24(29)27(18(2)20-11-4-3-5-12-20)26-23(28)16-19-10-8-13-21(25)15-19/h6-10,13-15,20H,2-5,11-12,16H2,1H3,(H,26,28). The van der Waals surface area contributed by atoms with Crippen LogP contribution in [0.5, 0.6) is 0 Å². The zero-order valence-corrected chi connectivity index (χ0v) is 16.8. The Hall–Kier alpha value is -2.95. The largest absolute Gasteiger partial charge is 0.276 e. The molecule has 1 saturated carbocycles. The van der Waals surface area contributed by atoms with Crippen LogP contribution in [0.3, 0.4) is 0 Å². The van der Waals surface area contributed by atoms with Gasteiger partial charge in [-0.3, -0.25) is 15.0 Å². The van der Waals surface area contributed by atoms with Crippen LogP contribution in [0.25, 0.3) is 0 Å². The van der Waals surface area contributed by atoms with Crippen LogP contribution >= 0.6 is 0 Å². The van der Waals surface area contributed by atoms with Crippen molar-refractivity contribution < 1.29 is 14.0 Å². The summed E-state index contributed by atoms with van der Waals surface area (Å²) in [6, 6.07) is 13.2. The molecule has 0 radical (unpaired) electrons. The Balaban J connectivity index is 1.81. The number of halogens is 1. The Morgan fingerprint density at radius 1 is 1.10 bits per heavy atom. The number of carbonyl (C=O) groups is 2. The number of hydrazine groups is 1. The second-order valence-corrected chi connectivity index (χ2v) is 7.62. The molecule has 0 aromatic heterocycles. The monoisotopic (exact) mass is 394 g/mol. The van der Waals surface area contributed by atoms with E-state index in [4.69, 9.17) is 0 Å². The van der Waals surface area contributed by atoms with Crippen molar-refractivity contribution in [3.8, 4) is 0 Å². The zero-order valence-electron chi connectivity index (χ0n) is 16.8. The summed E-state index contributed by atoms with van der Waals surface area (Å²) in [5, 5.41) is 1.31. The number of hydrogen-bond acceptors (Lipinski definition) is 2. The molecule has 0 saturated heterocycles. The Morgan fingerprint density at radius 2 is 1.83 bits per heavy atom. The lowest BCUT2D eigenvalue weighted by Gasteiger charge is -2.32. The first kappa shape index (κ1) is 20.8. The third-order valence-electron chi connectivity index (χ3n) is 5.43. The molecule has 0 aliphatic heterocycles. The molecule has 4 nitrogen and oxygen atoms in total. The summed E-state index contributed by atoms with van der Waals surface area (Å²) in [5.41, 5.74) is 5.25. The maximum atomic E-state index is 13.4. The first-order valence-corrected chi connectivity index (χ1v) is 10.1. The summed E-state index contributed by atoms with van der Waals surface area (Å²) in [6.45, 7) is 6.02. The highest BCUT2D eigenvalue weighted by Crippen LogP contribution is 2.31. The van der Waals surface area contributed by atoms with Crippen LogP contribution in [0.4, 0.5) is 4.39 Å². The smallest absolute Gasteiger partial charge is 0.273 e. The molecule has 1 N–H and O–H groups in total. The number of nitrogens with zero attached hydrogens (tertiary/aromatic N) is 1. The quantitative estimate of drug-likeness (QED) is 0.730. The number of aryl methyl sites for hydroxylation is 1. The van der Waals surface area contributed by atoms with Gasteiger partial charge < -0.3 is 0 Å². The van der Waals surface area contributed by atoms with Gasteiger partial charge in [0.25, 0.3) is 5.91 Å². The van der Waals surface area contributed by atoms with Crippen molar-refractivity contribution in [3.63, 3.8) is 0 Å². The molecule has 0 bridgehead atoms. The molecule has 152 valence electrons. The molecule has 0 heterocycles. The molecule has 2 aromatic carbocycles. The first-order chi connectivity index (χ1) is 14.0. The van der Waals surface area contributed by atoms with Gasteiger partial charge in [-0.2, -0.15) is 0 Å². The van der Waals surface area contributed by atoms with E-state index in [1.54, 1.807) is 24.3 Å². The highest BCUT2D eigenvalue weighted by atomic mass is 19.1. The number of allylic oxidation sites excluding steroid dienone is 1. The van der Waals surface area contributed by atoms with Crippen molar-refractivity contribution in [1.82, 2.24) is 10.4 Å². The predicted octanol–water partition coefficient (Wildman–Crippen LogP) is 4.94. The zero-order chi connectivity index (χ0) is 20.8. The first-order valence-electron chi connectivity index (χ1n) is 10.1. The molecular weight excluding hydrogens is 367 g/mol. The number of amides is 2. The van der Waals surface area contributed by atoms with Crippen molar-refractivity contribution in [1.29, 1.82) is 0 Å². The predicted molar refractivity (Wildman–Crippen MR) is 111 cm³/mol. The van der Waals surface area contributed by atoms with Crippen molar-refractivity contribution in [2.45, 2.75) is 45.4 Å². The van der Waals surface area contributed by atoms with Gasteiger partial charge in [0.05, 0.1) is 6.42 Å². The van der Waals surface area contributed by atoms with Crippen LogP contribution in [0, 0.1) is 18.7 Å². The molecule has 1 aliphatic carbocycles. The second-order valence-electron chi connectivity index (χ2n) is 7.62. The minimum absolute atomic E-state index is 0.0206. The maximum absolute atomic E-state index is 13.4. The van der Waals surface area contributed by atoms with Crippen LogP contribution in [-0.4, -0.2) is 16.8 Å². The van der Waals surface area contributed by atoms with Gasteiger partial charge in [0.15, 0.2) is 0 Å². The third kappa shape index (κ3) is 5.31. The number of benzene rings is 2. The Bertz CT molecular complexity index is 903. The summed E-state index contributed by atoms with van der Waals surface area (Å²) in [5.74, 6) is -0.915. The molecule has 2 amide bonds. The van der Waals surface area contributed by atoms with E-state index in [1.807, 2.05) is 19.1 Å². The van der Waals surface area contributed by atoms with E-state index in [9.17, 15) is 14.0 Å². The Kier molecular flexibility index (Phi) is 6.81. The molecule has 1 fully saturated rings. The lowest BCUT2D eigenvalue weighted by atomic mass is 9.87. The third-order valence-corrected chi connectivity index (χ3v) is 5.43. The molecule has 1 aliphatic rings. The van der Waals surface area contributed by atoms with E-state index >= 15 is 0 Å². The average Bonchev–Trinajstić information content (AvgIpc) is 2.72. The highest BCUT2D eigenvalue weighted by Gasteiger charge is 2.28. The Morgan fingerprint density at radius 3 is 2.52 bits per heavy atom. The van der Waals surface area contributed by atoms with Gasteiger partial charge in [-0.25, -0.2) is 9.40 Å². The number of nitrogens with one attached hydrogen (secondary N) is 1. The highest BCUT2D eigenvalue weighted by molar-refractivity contribution is 5.98. The summed E-state index contributed by atoms with van der Waals surface area (Å²) >= 11 is 0. The number of hydrogen-bond donors (Lipinski definition) is 1. The molecule has 2 aromatic rings. The van der Waals surface area contributed by atoms with Gasteiger partial charge in [-0.15, -0.1) is 0 Å². The topological polar surface area (TPSA) is 49.4 Å². The van der Waals surface area contributed by atoms with Gasteiger partial charge in [0.2, 0.25) is 5.91 Å². The molecular formula is C24H27FN2O2. The summed E-state index contributed by atoms with van der Waals surface area (Å²) in [7, 11) is 0. The van der Waals surface area contributed by atoms with E-state index in [1.165, 1.54) is 23.6 Å². The van der Waals surface area contributed by atoms with Gasteiger partial charge in [0.1, 0.15) is 5.82 Å². The molecule has 0 unspecified atom stereocenters. The molecule has 0 atom stereocenters. The van der Waals surface area contributed by atoms with Crippen LogP contribution < -0.4 is 5.43 Å². The lowest BCUT2D eigenvalue weighted by Crippen LogP contribution is -2.47. The molecule has 3 rings (SSSR count). The molecule has 29 heavy (non-hydrogen) atoms. The van der Waals surface area contributed by atoms with E-state index in [2.05, 4.69) is 12.0 Å². The maximum Gasteiger partial charge on any atom is 0.276 e. The van der Waals surface area contributed by atoms with E-state index in [-0.39, 0.29) is 24.2 Å². The van der Waals surface area contributed by atoms with Crippen molar-refractivity contribution in [3.05, 3.63) is 83.3 Å². The van der Waals surface area contributed by atoms with Crippen LogP contribution in [0.2, 0.25) is 0 Å². The van der Waals surface area contributed by atoms with Crippen LogP contribution in [0.1, 0.15) is 53.6 Å². The lowest BCUT2D eigenvalue weighted by molar-refractivity contribution is -0.123. The fraction of sp³-hybridized carbons (Fsp3) is 0.333. The van der Waals surface area contributed by atoms with Gasteiger partial charge in [0, 0.05) is 17.2 Å². The van der Waals surface area contributed by atoms with E-state index in [0.717, 1.165) is 31.2 Å². The van der Waals surface area contributed by atoms with E-state index in [0.29, 0.717) is 16.8 Å². The van der Waals surface area contributed by atoms with E-state index < -0.39 is 5.82 Å². The minimum Gasteiger partial charge on any atom is -0.273 e. The summed E-state index contributed by atoms with van der Waals surface area (Å²) < 4.78 is 13.4. The van der Waals surface area contributed by atoms with Crippen molar-refractivity contribution in [2.75, 3.05) is 0 Å². The van der Waals surface area contributed by atoms with Gasteiger partial charge >= 0.3 is 0 Å². The van der Waals surface area contributed by atoms with Crippen LogP contribution in [-0.2, 0) is 11.2 Å². The van der Waals surface area contributed by atoms with Crippen molar-refractivity contribution in [2.24, 2.45) is 5.92 Å². The Labute approximate surface area is 171 Å². The van der Waals surface area contributed by atoms with Gasteiger partial charge in [-0.1, -0.05) is 56.2 Å². The fourth-order valence-corrected chi connectivity index (χ4v) is 3.80. The molecule has 5 heteroatoms.